The molecule has 24 heavy (non-hydrogen) atoms. The van der Waals surface area contributed by atoms with Crippen molar-refractivity contribution in [3.05, 3.63) is 58.7 Å². The Morgan fingerprint density at radius 2 is 1.83 bits per heavy atom. The number of allylic oxidation sites excluding steroid dienone is 10. The van der Waals surface area contributed by atoms with E-state index in [4.69, 9.17) is 0 Å². The summed E-state index contributed by atoms with van der Waals surface area (Å²) in [6.45, 7) is 13.4. The molecule has 0 fully saturated rings. The van der Waals surface area contributed by atoms with E-state index in [1.54, 1.807) is 6.08 Å². The van der Waals surface area contributed by atoms with Gasteiger partial charge in [-0.05, 0) is 68.6 Å². The second-order valence-corrected chi connectivity index (χ2v) is 7.59. The van der Waals surface area contributed by atoms with Crippen LogP contribution in [0.3, 0.4) is 0 Å². The Bertz CT molecular complexity index is 579. The summed E-state index contributed by atoms with van der Waals surface area (Å²) in [7, 11) is 0. The first-order valence-electron chi connectivity index (χ1n) is 9.18. The molecule has 0 spiro atoms. The summed E-state index contributed by atoms with van der Waals surface area (Å²) in [6.07, 6.45) is 18.1. The third-order valence-corrected chi connectivity index (χ3v) is 5.24. The Kier molecular flexibility index (Phi) is 8.18. The molecule has 1 aliphatic carbocycles. The molecule has 0 aromatic carbocycles. The fourth-order valence-electron chi connectivity index (χ4n) is 3.65. The quantitative estimate of drug-likeness (QED) is 0.287. The number of aldehydes is 1. The Morgan fingerprint density at radius 3 is 2.46 bits per heavy atom. The normalized spacial score (nSPS) is 22.7. The van der Waals surface area contributed by atoms with E-state index < -0.39 is 0 Å². The highest BCUT2D eigenvalue weighted by molar-refractivity contribution is 5.66. The highest BCUT2D eigenvalue weighted by Crippen LogP contribution is 2.47. The molecule has 1 aliphatic rings. The number of carbonyl (C=O) groups is 1. The lowest BCUT2D eigenvalue weighted by Crippen LogP contribution is -2.30. The van der Waals surface area contributed by atoms with Crippen LogP contribution in [0, 0.1) is 11.3 Å². The first kappa shape index (κ1) is 20.4. The SMILES string of the molecule is CCC[C@@H]1CCC(C)=C(/C=C/C(C)=C/C=C/C(C)=C/C=O)C1(C)C. The fraction of sp³-hybridized carbons (Fsp3) is 0.522. The maximum absolute atomic E-state index is 10.4. The van der Waals surface area contributed by atoms with Gasteiger partial charge in [0.15, 0.2) is 0 Å². The average Bonchev–Trinajstić information content (AvgIpc) is 2.50. The van der Waals surface area contributed by atoms with Crippen molar-refractivity contribution in [1.29, 1.82) is 0 Å². The molecule has 0 aromatic heterocycles. The predicted octanol–water partition coefficient (Wildman–Crippen LogP) is 6.74. The maximum Gasteiger partial charge on any atom is 0.143 e. The lowest BCUT2D eigenvalue weighted by atomic mass is 9.64. The number of rotatable bonds is 7. The van der Waals surface area contributed by atoms with Gasteiger partial charge < -0.3 is 0 Å². The number of hydrogen-bond donors (Lipinski definition) is 0. The van der Waals surface area contributed by atoms with E-state index >= 15 is 0 Å². The summed E-state index contributed by atoms with van der Waals surface area (Å²) in [5, 5.41) is 0. The van der Waals surface area contributed by atoms with Crippen LogP contribution in [-0.4, -0.2) is 6.29 Å². The largest absolute Gasteiger partial charge is 0.299 e. The third-order valence-electron chi connectivity index (χ3n) is 5.24. The van der Waals surface area contributed by atoms with E-state index in [-0.39, 0.29) is 5.41 Å². The topological polar surface area (TPSA) is 17.1 Å². The summed E-state index contributed by atoms with van der Waals surface area (Å²) in [5.74, 6) is 0.783. The van der Waals surface area contributed by atoms with Gasteiger partial charge in [0, 0.05) is 0 Å². The van der Waals surface area contributed by atoms with Crippen molar-refractivity contribution in [3.63, 3.8) is 0 Å². The molecular formula is C23H34O. The summed E-state index contributed by atoms with van der Waals surface area (Å²) in [5.41, 5.74) is 5.50. The lowest BCUT2D eigenvalue weighted by molar-refractivity contribution is -0.104. The molecule has 0 bridgehead atoms. The van der Waals surface area contributed by atoms with Crippen LogP contribution in [-0.2, 0) is 4.79 Å². The van der Waals surface area contributed by atoms with Crippen LogP contribution < -0.4 is 0 Å². The predicted molar refractivity (Wildman–Crippen MR) is 106 cm³/mol. The highest BCUT2D eigenvalue weighted by atomic mass is 16.1. The van der Waals surface area contributed by atoms with E-state index in [0.29, 0.717) is 0 Å². The first-order valence-corrected chi connectivity index (χ1v) is 9.18. The Hall–Kier alpha value is -1.63. The minimum Gasteiger partial charge on any atom is -0.299 e. The van der Waals surface area contributed by atoms with Crippen molar-refractivity contribution in [2.24, 2.45) is 11.3 Å². The van der Waals surface area contributed by atoms with Crippen LogP contribution in [0.15, 0.2) is 58.7 Å². The molecule has 132 valence electrons. The second-order valence-electron chi connectivity index (χ2n) is 7.59. The van der Waals surface area contributed by atoms with Crippen LogP contribution in [0.1, 0.15) is 67.2 Å². The van der Waals surface area contributed by atoms with E-state index in [9.17, 15) is 4.79 Å². The van der Waals surface area contributed by atoms with Gasteiger partial charge in [0.2, 0.25) is 0 Å². The molecule has 0 radical (unpaired) electrons. The van der Waals surface area contributed by atoms with Crippen LogP contribution in [0.2, 0.25) is 0 Å². The van der Waals surface area contributed by atoms with Crippen molar-refractivity contribution in [2.75, 3.05) is 0 Å². The standard InChI is InChI=1S/C23H34O/c1-7-9-21-14-13-20(4)22(23(21,5)6)15-12-18(2)10-8-11-19(3)16-17-24/h8,10-12,15-17,21H,7,9,13-14H2,1-6H3/b11-8+,15-12+,18-10+,19-16+/t21-/m1/s1. The summed E-state index contributed by atoms with van der Waals surface area (Å²) in [4.78, 5) is 10.4. The molecule has 0 unspecified atom stereocenters. The van der Waals surface area contributed by atoms with E-state index in [0.717, 1.165) is 17.8 Å². The summed E-state index contributed by atoms with van der Waals surface area (Å²) >= 11 is 0. The van der Waals surface area contributed by atoms with Crippen molar-refractivity contribution in [1.82, 2.24) is 0 Å². The van der Waals surface area contributed by atoms with Crippen LogP contribution >= 0.6 is 0 Å². The molecule has 1 nitrogen and oxygen atoms in total. The Balaban J connectivity index is 2.90. The van der Waals surface area contributed by atoms with Crippen molar-refractivity contribution < 1.29 is 4.79 Å². The minimum atomic E-state index is 0.258. The fourth-order valence-corrected chi connectivity index (χ4v) is 3.65. The van der Waals surface area contributed by atoms with Gasteiger partial charge in [-0.1, -0.05) is 68.7 Å². The molecule has 0 amide bonds. The number of carbonyl (C=O) groups excluding carboxylic acids is 1. The molecule has 0 aromatic rings. The van der Waals surface area contributed by atoms with Gasteiger partial charge in [-0.15, -0.1) is 0 Å². The lowest BCUT2D eigenvalue weighted by Gasteiger charge is -2.41. The van der Waals surface area contributed by atoms with E-state index in [1.165, 1.54) is 42.4 Å². The van der Waals surface area contributed by atoms with Crippen LogP contribution in [0.25, 0.3) is 0 Å². The molecule has 0 N–H and O–H groups in total. The minimum absolute atomic E-state index is 0.258. The van der Waals surface area contributed by atoms with E-state index in [1.807, 2.05) is 19.1 Å². The Morgan fingerprint density at radius 1 is 1.17 bits per heavy atom. The summed E-state index contributed by atoms with van der Waals surface area (Å²) < 4.78 is 0. The van der Waals surface area contributed by atoms with Gasteiger partial charge in [0.1, 0.15) is 6.29 Å². The van der Waals surface area contributed by atoms with Gasteiger partial charge in [-0.25, -0.2) is 0 Å². The van der Waals surface area contributed by atoms with Crippen molar-refractivity contribution in [2.45, 2.75) is 67.2 Å². The molecule has 0 saturated heterocycles. The van der Waals surface area contributed by atoms with Gasteiger partial charge in [-0.3, -0.25) is 4.79 Å². The zero-order valence-electron chi connectivity index (χ0n) is 16.4. The average molecular weight is 327 g/mol. The van der Waals surface area contributed by atoms with Crippen molar-refractivity contribution in [3.8, 4) is 0 Å². The monoisotopic (exact) mass is 326 g/mol. The van der Waals surface area contributed by atoms with Crippen molar-refractivity contribution >= 4 is 6.29 Å². The van der Waals surface area contributed by atoms with Gasteiger partial charge in [0.05, 0.1) is 0 Å². The Labute approximate surface area is 148 Å². The molecule has 1 heteroatoms. The summed E-state index contributed by atoms with van der Waals surface area (Å²) in [6, 6.07) is 0. The maximum atomic E-state index is 10.4. The first-order chi connectivity index (χ1) is 11.3. The third kappa shape index (κ3) is 5.78. The molecule has 0 aliphatic heterocycles. The van der Waals surface area contributed by atoms with Gasteiger partial charge in [0.25, 0.3) is 0 Å². The molecule has 0 saturated carbocycles. The van der Waals surface area contributed by atoms with Crippen LogP contribution in [0.5, 0.6) is 0 Å². The molecular weight excluding hydrogens is 292 g/mol. The second kappa shape index (κ2) is 9.61. The van der Waals surface area contributed by atoms with Gasteiger partial charge >= 0.3 is 0 Å². The van der Waals surface area contributed by atoms with E-state index in [2.05, 4.69) is 52.8 Å². The number of hydrogen-bond acceptors (Lipinski definition) is 1. The smallest absolute Gasteiger partial charge is 0.143 e. The molecule has 0 heterocycles. The molecule has 1 rings (SSSR count). The highest BCUT2D eigenvalue weighted by Gasteiger charge is 2.35. The van der Waals surface area contributed by atoms with Crippen LogP contribution in [0.4, 0.5) is 0 Å². The zero-order valence-corrected chi connectivity index (χ0v) is 16.4. The van der Waals surface area contributed by atoms with Gasteiger partial charge in [-0.2, -0.15) is 0 Å². The molecule has 1 atom stereocenters. The zero-order chi connectivity index (χ0) is 18.2.